The van der Waals surface area contributed by atoms with Crippen molar-refractivity contribution in [3.8, 4) is 17.2 Å². The lowest BCUT2D eigenvalue weighted by Crippen LogP contribution is -2.13. The SMILES string of the molecule is COc1cccc(NC(=O)c2ccc(OC)c(COc3ccc(C)cc3)c2)c1. The number of carbonyl (C=O) groups excluding carboxylic acids is 1. The molecule has 3 aromatic carbocycles. The number of rotatable bonds is 7. The number of aryl methyl sites for hydroxylation is 1. The minimum Gasteiger partial charge on any atom is -0.497 e. The molecule has 0 radical (unpaired) electrons. The van der Waals surface area contributed by atoms with E-state index in [1.807, 2.05) is 49.4 Å². The van der Waals surface area contributed by atoms with E-state index in [-0.39, 0.29) is 5.91 Å². The second-order valence-electron chi connectivity index (χ2n) is 6.31. The molecule has 0 unspecified atom stereocenters. The zero-order chi connectivity index (χ0) is 19.9. The summed E-state index contributed by atoms with van der Waals surface area (Å²) in [5, 5.41) is 2.88. The topological polar surface area (TPSA) is 56.8 Å². The van der Waals surface area contributed by atoms with Gasteiger partial charge < -0.3 is 19.5 Å². The highest BCUT2D eigenvalue weighted by atomic mass is 16.5. The molecule has 0 spiro atoms. The Morgan fingerprint density at radius 1 is 0.893 bits per heavy atom. The summed E-state index contributed by atoms with van der Waals surface area (Å²) in [6.45, 7) is 2.32. The highest BCUT2D eigenvalue weighted by molar-refractivity contribution is 6.04. The Balaban J connectivity index is 1.75. The monoisotopic (exact) mass is 377 g/mol. The maximum Gasteiger partial charge on any atom is 0.255 e. The van der Waals surface area contributed by atoms with Crippen molar-refractivity contribution >= 4 is 11.6 Å². The predicted molar refractivity (Wildman–Crippen MR) is 109 cm³/mol. The van der Waals surface area contributed by atoms with E-state index in [2.05, 4.69) is 5.32 Å². The van der Waals surface area contributed by atoms with Gasteiger partial charge in [0, 0.05) is 22.9 Å². The smallest absolute Gasteiger partial charge is 0.255 e. The molecule has 5 nitrogen and oxygen atoms in total. The van der Waals surface area contributed by atoms with Crippen LogP contribution < -0.4 is 19.5 Å². The summed E-state index contributed by atoms with van der Waals surface area (Å²) >= 11 is 0. The Bertz CT molecular complexity index is 951. The van der Waals surface area contributed by atoms with Crippen LogP contribution in [0.4, 0.5) is 5.69 Å². The zero-order valence-electron chi connectivity index (χ0n) is 16.2. The molecule has 0 aliphatic rings. The van der Waals surface area contributed by atoms with Crippen LogP contribution in [0.2, 0.25) is 0 Å². The van der Waals surface area contributed by atoms with E-state index in [4.69, 9.17) is 14.2 Å². The molecular weight excluding hydrogens is 354 g/mol. The van der Waals surface area contributed by atoms with Crippen molar-refractivity contribution in [3.63, 3.8) is 0 Å². The van der Waals surface area contributed by atoms with E-state index in [9.17, 15) is 4.79 Å². The highest BCUT2D eigenvalue weighted by Gasteiger charge is 2.12. The van der Waals surface area contributed by atoms with Crippen molar-refractivity contribution in [2.45, 2.75) is 13.5 Å². The molecule has 0 fully saturated rings. The maximum absolute atomic E-state index is 12.6. The number of benzene rings is 3. The quantitative estimate of drug-likeness (QED) is 0.640. The summed E-state index contributed by atoms with van der Waals surface area (Å²) in [4.78, 5) is 12.6. The van der Waals surface area contributed by atoms with Crippen LogP contribution in [0.15, 0.2) is 66.7 Å². The van der Waals surface area contributed by atoms with Crippen LogP contribution in [0.1, 0.15) is 21.5 Å². The second kappa shape index (κ2) is 8.95. The molecule has 0 bridgehead atoms. The van der Waals surface area contributed by atoms with Crippen LogP contribution in [-0.2, 0) is 6.61 Å². The van der Waals surface area contributed by atoms with Gasteiger partial charge in [0.05, 0.1) is 14.2 Å². The minimum atomic E-state index is -0.215. The van der Waals surface area contributed by atoms with Gasteiger partial charge >= 0.3 is 0 Å². The molecule has 0 aliphatic carbocycles. The van der Waals surface area contributed by atoms with Crippen molar-refractivity contribution in [2.24, 2.45) is 0 Å². The van der Waals surface area contributed by atoms with E-state index in [0.29, 0.717) is 29.4 Å². The van der Waals surface area contributed by atoms with Crippen LogP contribution >= 0.6 is 0 Å². The van der Waals surface area contributed by atoms with Crippen molar-refractivity contribution in [3.05, 3.63) is 83.4 Å². The summed E-state index contributed by atoms with van der Waals surface area (Å²) in [5.74, 6) is 1.90. The molecule has 0 aliphatic heterocycles. The molecule has 28 heavy (non-hydrogen) atoms. The molecule has 0 aromatic heterocycles. The van der Waals surface area contributed by atoms with Crippen LogP contribution in [0.25, 0.3) is 0 Å². The average molecular weight is 377 g/mol. The first-order chi connectivity index (χ1) is 13.6. The largest absolute Gasteiger partial charge is 0.497 e. The third kappa shape index (κ3) is 4.82. The zero-order valence-corrected chi connectivity index (χ0v) is 16.2. The van der Waals surface area contributed by atoms with E-state index in [0.717, 1.165) is 11.3 Å². The van der Waals surface area contributed by atoms with Gasteiger partial charge in [0.1, 0.15) is 23.9 Å². The fourth-order valence-electron chi connectivity index (χ4n) is 2.73. The lowest BCUT2D eigenvalue weighted by Gasteiger charge is -2.13. The highest BCUT2D eigenvalue weighted by Crippen LogP contribution is 2.24. The Hall–Kier alpha value is -3.47. The molecule has 1 N–H and O–H groups in total. The lowest BCUT2D eigenvalue weighted by molar-refractivity contribution is 0.102. The number of hydrogen-bond donors (Lipinski definition) is 1. The van der Waals surface area contributed by atoms with Gasteiger partial charge in [-0.15, -0.1) is 0 Å². The van der Waals surface area contributed by atoms with Crippen LogP contribution in [0.3, 0.4) is 0 Å². The third-order valence-electron chi connectivity index (χ3n) is 4.29. The van der Waals surface area contributed by atoms with Gasteiger partial charge in [-0.05, 0) is 49.4 Å². The van der Waals surface area contributed by atoms with Gasteiger partial charge in [0.2, 0.25) is 0 Å². The number of methoxy groups -OCH3 is 2. The van der Waals surface area contributed by atoms with E-state index >= 15 is 0 Å². The van der Waals surface area contributed by atoms with Crippen LogP contribution in [0.5, 0.6) is 17.2 Å². The summed E-state index contributed by atoms with van der Waals surface area (Å²) in [6, 6.07) is 20.3. The number of anilines is 1. The van der Waals surface area contributed by atoms with E-state index in [1.54, 1.807) is 38.5 Å². The first kappa shape index (κ1) is 19.3. The fraction of sp³-hybridized carbons (Fsp3) is 0.174. The average Bonchev–Trinajstić information content (AvgIpc) is 2.73. The second-order valence-corrected chi connectivity index (χ2v) is 6.31. The fourth-order valence-corrected chi connectivity index (χ4v) is 2.73. The Kier molecular flexibility index (Phi) is 6.17. The molecular formula is C23H23NO4. The third-order valence-corrected chi connectivity index (χ3v) is 4.29. The van der Waals surface area contributed by atoms with Crippen molar-refractivity contribution in [1.29, 1.82) is 0 Å². The molecule has 3 aromatic rings. The summed E-state index contributed by atoms with van der Waals surface area (Å²) in [6.07, 6.45) is 0. The van der Waals surface area contributed by atoms with E-state index < -0.39 is 0 Å². The Morgan fingerprint density at radius 2 is 1.68 bits per heavy atom. The first-order valence-electron chi connectivity index (χ1n) is 8.91. The lowest BCUT2D eigenvalue weighted by atomic mass is 10.1. The molecule has 1 amide bonds. The number of hydrogen-bond acceptors (Lipinski definition) is 4. The van der Waals surface area contributed by atoms with Gasteiger partial charge in [0.15, 0.2) is 0 Å². The van der Waals surface area contributed by atoms with Gasteiger partial charge in [0.25, 0.3) is 5.91 Å². The van der Waals surface area contributed by atoms with Gasteiger partial charge in [-0.3, -0.25) is 4.79 Å². The molecule has 0 saturated carbocycles. The van der Waals surface area contributed by atoms with Crippen molar-refractivity contribution < 1.29 is 19.0 Å². The predicted octanol–water partition coefficient (Wildman–Crippen LogP) is 4.84. The van der Waals surface area contributed by atoms with Crippen molar-refractivity contribution in [2.75, 3.05) is 19.5 Å². The molecule has 144 valence electrons. The van der Waals surface area contributed by atoms with Crippen molar-refractivity contribution in [1.82, 2.24) is 0 Å². The van der Waals surface area contributed by atoms with Gasteiger partial charge in [-0.2, -0.15) is 0 Å². The molecule has 3 rings (SSSR count). The van der Waals surface area contributed by atoms with E-state index in [1.165, 1.54) is 5.56 Å². The number of ether oxygens (including phenoxy) is 3. The van der Waals surface area contributed by atoms with Crippen LogP contribution in [0, 0.1) is 6.92 Å². The maximum atomic E-state index is 12.6. The normalized spacial score (nSPS) is 10.2. The van der Waals surface area contributed by atoms with Gasteiger partial charge in [-0.1, -0.05) is 23.8 Å². The summed E-state index contributed by atoms with van der Waals surface area (Å²) in [5.41, 5.74) is 3.14. The minimum absolute atomic E-state index is 0.215. The number of carbonyl (C=O) groups is 1. The first-order valence-corrected chi connectivity index (χ1v) is 8.91. The molecule has 0 saturated heterocycles. The number of nitrogens with one attached hydrogen (secondary N) is 1. The molecule has 0 heterocycles. The molecule has 0 atom stereocenters. The van der Waals surface area contributed by atoms with Gasteiger partial charge in [-0.25, -0.2) is 0 Å². The molecule has 5 heteroatoms. The Labute approximate surface area is 164 Å². The standard InChI is InChI=1S/C23H23NO4/c1-16-7-10-20(11-8-16)28-15-18-13-17(9-12-22(18)27-3)23(25)24-19-5-4-6-21(14-19)26-2/h4-14H,15H2,1-3H3,(H,24,25). The summed E-state index contributed by atoms with van der Waals surface area (Å²) in [7, 11) is 3.19. The Morgan fingerprint density at radius 3 is 2.39 bits per heavy atom. The number of amides is 1. The summed E-state index contributed by atoms with van der Waals surface area (Å²) < 4.78 is 16.4. The van der Waals surface area contributed by atoms with Crippen LogP contribution in [-0.4, -0.2) is 20.1 Å².